The summed E-state index contributed by atoms with van der Waals surface area (Å²) in [6.07, 6.45) is 6.70. The number of nitrogens with one attached hydrogen (secondary N) is 1. The Hall–Kier alpha value is -2.63. The lowest BCUT2D eigenvalue weighted by Gasteiger charge is -2.25. The normalized spacial score (nSPS) is 19.1. The molecule has 0 saturated carbocycles. The highest BCUT2D eigenvalue weighted by atomic mass is 16.2. The van der Waals surface area contributed by atoms with Gasteiger partial charge in [0, 0.05) is 37.2 Å². The van der Waals surface area contributed by atoms with Crippen molar-refractivity contribution in [3.05, 3.63) is 47.3 Å². The number of nitrogens with zero attached hydrogens (tertiary/aromatic N) is 3. The Labute approximate surface area is 178 Å². The zero-order chi connectivity index (χ0) is 21.3. The largest absolute Gasteiger partial charge is 0.349 e. The molecule has 1 saturated heterocycles. The Morgan fingerprint density at radius 3 is 2.60 bits per heavy atom. The summed E-state index contributed by atoms with van der Waals surface area (Å²) in [5.74, 6) is 0.177. The van der Waals surface area contributed by atoms with Crippen LogP contribution in [0.3, 0.4) is 0 Å². The van der Waals surface area contributed by atoms with Crippen molar-refractivity contribution in [3.8, 4) is 5.69 Å². The second-order valence-corrected chi connectivity index (χ2v) is 9.50. The molecule has 0 radical (unpaired) electrons. The number of rotatable bonds is 5. The molecule has 6 nitrogen and oxygen atoms in total. The first-order chi connectivity index (χ1) is 14.3. The Morgan fingerprint density at radius 2 is 1.93 bits per heavy atom. The molecule has 0 unspecified atom stereocenters. The van der Waals surface area contributed by atoms with Crippen LogP contribution in [0, 0.1) is 0 Å². The van der Waals surface area contributed by atoms with Crippen molar-refractivity contribution in [2.24, 2.45) is 0 Å². The Balaban J connectivity index is 1.44. The Morgan fingerprint density at radius 1 is 1.17 bits per heavy atom. The fourth-order valence-electron chi connectivity index (χ4n) is 4.48. The predicted molar refractivity (Wildman–Crippen MR) is 117 cm³/mol. The summed E-state index contributed by atoms with van der Waals surface area (Å²) in [5, 5.41) is 7.83. The van der Waals surface area contributed by atoms with Gasteiger partial charge in [-0.25, -0.2) is 4.68 Å². The van der Waals surface area contributed by atoms with Crippen LogP contribution < -0.4 is 5.32 Å². The zero-order valence-corrected chi connectivity index (χ0v) is 18.3. The molecule has 0 bridgehead atoms. The van der Waals surface area contributed by atoms with Crippen molar-refractivity contribution in [1.29, 1.82) is 0 Å². The van der Waals surface area contributed by atoms with E-state index in [-0.39, 0.29) is 23.3 Å². The number of carbonyl (C=O) groups is 2. The van der Waals surface area contributed by atoms with Crippen molar-refractivity contribution in [3.63, 3.8) is 0 Å². The smallest absolute Gasteiger partial charge is 0.222 e. The molecule has 1 fully saturated rings. The van der Waals surface area contributed by atoms with Gasteiger partial charge in [0.2, 0.25) is 11.8 Å². The average molecular weight is 409 g/mol. The molecule has 1 aliphatic carbocycles. The standard InChI is InChI=1S/C24H32N4O2/c1-24(2,3)17-9-11-18(12-10-17)28-21-7-4-6-20(19(21)16-25-28)26-22(29)13-15-27-14-5-8-23(27)30/h9-12,16,20H,4-8,13-15H2,1-3H3,(H,26,29)/t20-/m1/s1. The SMILES string of the molecule is CC(C)(C)c1ccc(-n2ncc3c2CCC[C@H]3NC(=O)CCN2CCCC2=O)cc1. The molecule has 1 atom stereocenters. The quantitative estimate of drug-likeness (QED) is 0.821. The minimum atomic E-state index is -0.00173. The fourth-order valence-corrected chi connectivity index (χ4v) is 4.48. The molecule has 0 spiro atoms. The van der Waals surface area contributed by atoms with Crippen molar-refractivity contribution in [2.45, 2.75) is 70.8 Å². The molecule has 30 heavy (non-hydrogen) atoms. The number of amides is 2. The number of hydrogen-bond acceptors (Lipinski definition) is 3. The molecule has 4 rings (SSSR count). The Bertz CT molecular complexity index is 924. The molecule has 1 aromatic carbocycles. The summed E-state index contributed by atoms with van der Waals surface area (Å²) in [7, 11) is 0. The lowest BCUT2D eigenvalue weighted by molar-refractivity contribution is -0.128. The van der Waals surface area contributed by atoms with E-state index >= 15 is 0 Å². The van der Waals surface area contributed by atoms with Gasteiger partial charge in [0.05, 0.1) is 17.9 Å². The molecule has 1 aromatic heterocycles. The molecule has 1 aliphatic heterocycles. The highest BCUT2D eigenvalue weighted by Crippen LogP contribution is 2.32. The third-order valence-corrected chi connectivity index (χ3v) is 6.28. The van der Waals surface area contributed by atoms with E-state index in [9.17, 15) is 9.59 Å². The summed E-state index contributed by atoms with van der Waals surface area (Å²) >= 11 is 0. The Kier molecular flexibility index (Phi) is 5.67. The number of hydrogen-bond donors (Lipinski definition) is 1. The van der Waals surface area contributed by atoms with E-state index in [0.29, 0.717) is 19.4 Å². The van der Waals surface area contributed by atoms with Crippen LogP contribution in [-0.4, -0.2) is 39.6 Å². The first kappa shape index (κ1) is 20.6. The summed E-state index contributed by atoms with van der Waals surface area (Å²) in [6.45, 7) is 7.93. The molecular weight excluding hydrogens is 376 g/mol. The van der Waals surface area contributed by atoms with Gasteiger partial charge in [0.25, 0.3) is 0 Å². The molecule has 2 aliphatic rings. The van der Waals surface area contributed by atoms with E-state index in [2.05, 4.69) is 55.5 Å². The summed E-state index contributed by atoms with van der Waals surface area (Å²) < 4.78 is 2.02. The highest BCUT2D eigenvalue weighted by Gasteiger charge is 2.27. The van der Waals surface area contributed by atoms with Crippen LogP contribution in [0.2, 0.25) is 0 Å². The lowest BCUT2D eigenvalue weighted by Crippen LogP contribution is -2.34. The number of fused-ring (bicyclic) bond motifs is 1. The van der Waals surface area contributed by atoms with Crippen LogP contribution in [0.25, 0.3) is 5.69 Å². The molecule has 6 heteroatoms. The average Bonchev–Trinajstić information content (AvgIpc) is 3.32. The van der Waals surface area contributed by atoms with E-state index in [1.807, 2.05) is 10.9 Å². The second-order valence-electron chi connectivity index (χ2n) is 9.50. The molecule has 1 N–H and O–H groups in total. The van der Waals surface area contributed by atoms with Gasteiger partial charge in [-0.1, -0.05) is 32.9 Å². The number of carbonyl (C=O) groups excluding carboxylic acids is 2. The molecule has 2 heterocycles. The second kappa shape index (κ2) is 8.25. The maximum Gasteiger partial charge on any atom is 0.222 e. The summed E-state index contributed by atoms with van der Waals surface area (Å²) in [6, 6.07) is 8.60. The van der Waals surface area contributed by atoms with E-state index in [1.165, 1.54) is 11.3 Å². The van der Waals surface area contributed by atoms with Crippen LogP contribution in [0.5, 0.6) is 0 Å². The van der Waals surface area contributed by atoms with Crippen LogP contribution in [-0.2, 0) is 21.4 Å². The predicted octanol–water partition coefficient (Wildman–Crippen LogP) is 3.68. The van der Waals surface area contributed by atoms with E-state index in [4.69, 9.17) is 0 Å². The van der Waals surface area contributed by atoms with Gasteiger partial charge < -0.3 is 10.2 Å². The monoisotopic (exact) mass is 408 g/mol. The fraction of sp³-hybridized carbons (Fsp3) is 0.542. The minimum Gasteiger partial charge on any atom is -0.349 e. The van der Waals surface area contributed by atoms with E-state index in [1.54, 1.807) is 4.90 Å². The van der Waals surface area contributed by atoms with E-state index in [0.717, 1.165) is 43.5 Å². The summed E-state index contributed by atoms with van der Waals surface area (Å²) in [5.41, 5.74) is 4.78. The van der Waals surface area contributed by atoms with Crippen molar-refractivity contribution >= 4 is 11.8 Å². The van der Waals surface area contributed by atoms with Crippen LogP contribution in [0.1, 0.15) is 75.7 Å². The summed E-state index contributed by atoms with van der Waals surface area (Å²) in [4.78, 5) is 26.1. The van der Waals surface area contributed by atoms with Crippen molar-refractivity contribution in [1.82, 2.24) is 20.0 Å². The van der Waals surface area contributed by atoms with Gasteiger partial charge in [-0.15, -0.1) is 0 Å². The minimum absolute atomic E-state index is 0.00173. The maximum absolute atomic E-state index is 12.5. The molecule has 2 amide bonds. The van der Waals surface area contributed by atoms with Gasteiger partial charge in [0.1, 0.15) is 0 Å². The number of likely N-dealkylation sites (tertiary alicyclic amines) is 1. The van der Waals surface area contributed by atoms with Gasteiger partial charge in [0.15, 0.2) is 0 Å². The number of benzene rings is 1. The van der Waals surface area contributed by atoms with Crippen molar-refractivity contribution in [2.75, 3.05) is 13.1 Å². The highest BCUT2D eigenvalue weighted by molar-refractivity contribution is 5.80. The topological polar surface area (TPSA) is 67.2 Å². The van der Waals surface area contributed by atoms with Crippen molar-refractivity contribution < 1.29 is 9.59 Å². The lowest BCUT2D eigenvalue weighted by atomic mass is 9.87. The van der Waals surface area contributed by atoms with Crippen LogP contribution >= 0.6 is 0 Å². The maximum atomic E-state index is 12.5. The van der Waals surface area contributed by atoms with Gasteiger partial charge in [-0.05, 0) is 48.8 Å². The molecular formula is C24H32N4O2. The van der Waals surface area contributed by atoms with E-state index < -0.39 is 0 Å². The molecule has 160 valence electrons. The zero-order valence-electron chi connectivity index (χ0n) is 18.3. The van der Waals surface area contributed by atoms with Crippen LogP contribution in [0.4, 0.5) is 0 Å². The number of aromatic nitrogens is 2. The van der Waals surface area contributed by atoms with Gasteiger partial charge in [-0.2, -0.15) is 5.10 Å². The third-order valence-electron chi connectivity index (χ3n) is 6.28. The first-order valence-corrected chi connectivity index (χ1v) is 11.1. The van der Waals surface area contributed by atoms with Gasteiger partial charge >= 0.3 is 0 Å². The third kappa shape index (κ3) is 4.27. The van der Waals surface area contributed by atoms with Gasteiger partial charge in [-0.3, -0.25) is 9.59 Å². The van der Waals surface area contributed by atoms with Crippen LogP contribution in [0.15, 0.2) is 30.5 Å². The first-order valence-electron chi connectivity index (χ1n) is 11.1. The molecule has 2 aromatic rings.